The molecule has 1 heterocycles. The number of hydrogen-bond acceptors (Lipinski definition) is 3. The van der Waals surface area contributed by atoms with E-state index in [0.717, 1.165) is 24.0 Å². The Bertz CT molecular complexity index is 650. The fraction of sp³-hybridized carbons (Fsp3) is 0.294. The highest BCUT2D eigenvalue weighted by atomic mass is 16.2. The van der Waals surface area contributed by atoms with Gasteiger partial charge in [-0.05, 0) is 43.5 Å². The average molecular weight is 281 g/mol. The van der Waals surface area contributed by atoms with Crippen molar-refractivity contribution in [2.75, 3.05) is 5.73 Å². The van der Waals surface area contributed by atoms with Crippen molar-refractivity contribution in [3.05, 3.63) is 59.4 Å². The zero-order chi connectivity index (χ0) is 14.8. The highest BCUT2D eigenvalue weighted by molar-refractivity contribution is 5.99. The summed E-state index contributed by atoms with van der Waals surface area (Å²) in [6.45, 7) is 2.56. The van der Waals surface area contributed by atoms with E-state index in [9.17, 15) is 4.79 Å². The molecule has 1 aliphatic carbocycles. The maximum Gasteiger partial charge on any atom is 0.256 e. The zero-order valence-electron chi connectivity index (χ0n) is 12.1. The quantitative estimate of drug-likeness (QED) is 0.877. The van der Waals surface area contributed by atoms with Crippen molar-refractivity contribution in [2.45, 2.75) is 32.4 Å². The zero-order valence-corrected chi connectivity index (χ0v) is 12.1. The van der Waals surface area contributed by atoms with Crippen LogP contribution in [0.25, 0.3) is 0 Å². The smallest absolute Gasteiger partial charge is 0.256 e. The number of nitrogen functional groups attached to an aromatic ring is 1. The molecule has 3 rings (SSSR count). The molecule has 0 aliphatic heterocycles. The molecule has 1 saturated carbocycles. The first kappa shape index (κ1) is 13.6. The maximum absolute atomic E-state index is 12.8. The molecule has 4 nitrogen and oxygen atoms in total. The molecule has 1 aromatic heterocycles. The number of anilines is 1. The molecule has 1 amide bonds. The number of benzene rings is 1. The van der Waals surface area contributed by atoms with E-state index in [1.807, 2.05) is 42.3 Å². The molecule has 0 atom stereocenters. The molecular formula is C17H19N3O. The number of amides is 1. The van der Waals surface area contributed by atoms with Gasteiger partial charge in [-0.25, -0.2) is 0 Å². The minimum atomic E-state index is 0.0163. The molecule has 0 saturated heterocycles. The van der Waals surface area contributed by atoms with Crippen molar-refractivity contribution < 1.29 is 4.79 Å². The number of pyridine rings is 1. The van der Waals surface area contributed by atoms with Gasteiger partial charge in [0.2, 0.25) is 0 Å². The summed E-state index contributed by atoms with van der Waals surface area (Å²) in [7, 11) is 0. The van der Waals surface area contributed by atoms with Crippen LogP contribution in [0.4, 0.5) is 5.69 Å². The van der Waals surface area contributed by atoms with Gasteiger partial charge in [0.05, 0.1) is 5.56 Å². The van der Waals surface area contributed by atoms with E-state index in [1.165, 1.54) is 0 Å². The van der Waals surface area contributed by atoms with Gasteiger partial charge in [-0.1, -0.05) is 17.7 Å². The molecule has 1 aliphatic rings. The van der Waals surface area contributed by atoms with Crippen LogP contribution in [0.5, 0.6) is 0 Å². The molecule has 21 heavy (non-hydrogen) atoms. The van der Waals surface area contributed by atoms with Gasteiger partial charge in [0.15, 0.2) is 0 Å². The third kappa shape index (κ3) is 3.05. The van der Waals surface area contributed by atoms with E-state index in [2.05, 4.69) is 4.98 Å². The largest absolute Gasteiger partial charge is 0.398 e. The van der Waals surface area contributed by atoms with Crippen molar-refractivity contribution in [3.8, 4) is 0 Å². The van der Waals surface area contributed by atoms with E-state index in [4.69, 9.17) is 5.73 Å². The number of hydrogen-bond donors (Lipinski definition) is 1. The molecule has 2 aromatic rings. The van der Waals surface area contributed by atoms with Crippen molar-refractivity contribution in [1.29, 1.82) is 0 Å². The van der Waals surface area contributed by atoms with Gasteiger partial charge in [0.1, 0.15) is 0 Å². The van der Waals surface area contributed by atoms with E-state index in [1.54, 1.807) is 12.3 Å². The van der Waals surface area contributed by atoms with Gasteiger partial charge in [-0.15, -0.1) is 0 Å². The van der Waals surface area contributed by atoms with Crippen LogP contribution in [0.1, 0.15) is 34.3 Å². The third-order valence-corrected chi connectivity index (χ3v) is 3.76. The average Bonchev–Trinajstić information content (AvgIpc) is 3.32. The topological polar surface area (TPSA) is 59.2 Å². The highest BCUT2D eigenvalue weighted by Crippen LogP contribution is 2.30. The minimum Gasteiger partial charge on any atom is -0.398 e. The number of rotatable bonds is 4. The molecular weight excluding hydrogens is 262 g/mol. The molecule has 4 heteroatoms. The molecule has 0 spiro atoms. The molecule has 1 aromatic carbocycles. The van der Waals surface area contributed by atoms with E-state index in [0.29, 0.717) is 23.8 Å². The number of aryl methyl sites for hydroxylation is 1. The van der Waals surface area contributed by atoms with Gasteiger partial charge in [0.25, 0.3) is 5.91 Å². The summed E-state index contributed by atoms with van der Waals surface area (Å²) in [6, 6.07) is 9.82. The Morgan fingerprint density at radius 3 is 2.86 bits per heavy atom. The summed E-state index contributed by atoms with van der Waals surface area (Å²) in [5.41, 5.74) is 9.22. The lowest BCUT2D eigenvalue weighted by Crippen LogP contribution is -2.33. The number of carbonyl (C=O) groups excluding carboxylic acids is 1. The van der Waals surface area contributed by atoms with Gasteiger partial charge in [0, 0.05) is 30.7 Å². The van der Waals surface area contributed by atoms with E-state index >= 15 is 0 Å². The van der Waals surface area contributed by atoms with E-state index in [-0.39, 0.29) is 5.91 Å². The summed E-state index contributed by atoms with van der Waals surface area (Å²) in [5.74, 6) is 0.0163. The van der Waals surface area contributed by atoms with Crippen molar-refractivity contribution in [3.63, 3.8) is 0 Å². The van der Waals surface area contributed by atoms with Crippen LogP contribution >= 0.6 is 0 Å². The van der Waals surface area contributed by atoms with Crippen LogP contribution in [0.3, 0.4) is 0 Å². The van der Waals surface area contributed by atoms with Crippen molar-refractivity contribution >= 4 is 11.6 Å². The van der Waals surface area contributed by atoms with Gasteiger partial charge in [-0.3, -0.25) is 9.78 Å². The first-order valence-corrected chi connectivity index (χ1v) is 7.21. The molecule has 108 valence electrons. The summed E-state index contributed by atoms with van der Waals surface area (Å²) < 4.78 is 0. The van der Waals surface area contributed by atoms with Crippen LogP contribution in [-0.4, -0.2) is 21.8 Å². The SMILES string of the molecule is Cc1ccc(N)c(C(=O)N(Cc2cccnc2)C2CC2)c1. The fourth-order valence-corrected chi connectivity index (χ4v) is 2.45. The number of aromatic nitrogens is 1. The van der Waals surface area contributed by atoms with E-state index < -0.39 is 0 Å². The summed E-state index contributed by atoms with van der Waals surface area (Å²) in [6.07, 6.45) is 5.68. The number of nitrogens with two attached hydrogens (primary N) is 1. The maximum atomic E-state index is 12.8. The minimum absolute atomic E-state index is 0.0163. The predicted octanol–water partition coefficient (Wildman–Crippen LogP) is 2.78. The highest BCUT2D eigenvalue weighted by Gasteiger charge is 2.33. The molecule has 1 fully saturated rings. The Labute approximate surface area is 124 Å². The van der Waals surface area contributed by atoms with Crippen molar-refractivity contribution in [2.24, 2.45) is 0 Å². The predicted molar refractivity (Wildman–Crippen MR) is 82.7 cm³/mol. The summed E-state index contributed by atoms with van der Waals surface area (Å²) in [4.78, 5) is 18.9. The monoisotopic (exact) mass is 281 g/mol. The van der Waals surface area contributed by atoms with Crippen molar-refractivity contribution in [1.82, 2.24) is 9.88 Å². The summed E-state index contributed by atoms with van der Waals surface area (Å²) in [5, 5.41) is 0. The third-order valence-electron chi connectivity index (χ3n) is 3.76. The first-order chi connectivity index (χ1) is 10.1. The Hall–Kier alpha value is -2.36. The number of carbonyl (C=O) groups is 1. The Morgan fingerprint density at radius 1 is 1.38 bits per heavy atom. The van der Waals surface area contributed by atoms with Crippen LogP contribution < -0.4 is 5.73 Å². The molecule has 0 unspecified atom stereocenters. The lowest BCUT2D eigenvalue weighted by molar-refractivity contribution is 0.0731. The van der Waals surface area contributed by atoms with Crippen LogP contribution in [0.15, 0.2) is 42.7 Å². The molecule has 2 N–H and O–H groups in total. The van der Waals surface area contributed by atoms with Gasteiger partial charge in [-0.2, -0.15) is 0 Å². The molecule has 0 bridgehead atoms. The second-order valence-corrected chi connectivity index (χ2v) is 5.62. The Kier molecular flexibility index (Phi) is 3.60. The van der Waals surface area contributed by atoms with Crippen LogP contribution in [0.2, 0.25) is 0 Å². The summed E-state index contributed by atoms with van der Waals surface area (Å²) >= 11 is 0. The van der Waals surface area contributed by atoms with Crippen LogP contribution in [-0.2, 0) is 6.54 Å². The normalized spacial score (nSPS) is 14.0. The Balaban J connectivity index is 1.87. The first-order valence-electron chi connectivity index (χ1n) is 7.21. The standard InChI is InChI=1S/C17H19N3O/c1-12-4-7-16(18)15(9-12)17(21)20(14-5-6-14)11-13-3-2-8-19-10-13/h2-4,7-10,14H,5-6,11,18H2,1H3. The lowest BCUT2D eigenvalue weighted by atomic mass is 10.1. The lowest BCUT2D eigenvalue weighted by Gasteiger charge is -2.23. The second kappa shape index (κ2) is 5.56. The second-order valence-electron chi connectivity index (χ2n) is 5.62. The molecule has 0 radical (unpaired) electrons. The number of nitrogens with zero attached hydrogens (tertiary/aromatic N) is 2. The Morgan fingerprint density at radius 2 is 2.19 bits per heavy atom. The van der Waals surface area contributed by atoms with Crippen LogP contribution in [0, 0.1) is 6.92 Å². The fourth-order valence-electron chi connectivity index (χ4n) is 2.45. The van der Waals surface area contributed by atoms with Gasteiger partial charge < -0.3 is 10.6 Å². The van der Waals surface area contributed by atoms with Gasteiger partial charge >= 0.3 is 0 Å².